The summed E-state index contributed by atoms with van der Waals surface area (Å²) in [7, 11) is -3.74. The van der Waals surface area contributed by atoms with Crippen LogP contribution in [0.5, 0.6) is 0 Å². The lowest BCUT2D eigenvalue weighted by Gasteiger charge is -2.25. The van der Waals surface area contributed by atoms with Crippen molar-refractivity contribution in [1.29, 1.82) is 0 Å². The molecule has 204 valence electrons. The highest BCUT2D eigenvalue weighted by atomic mass is 35.5. The molecule has 2 heterocycles. The minimum Gasteiger partial charge on any atom is -0.302 e. The molecular weight excluding hydrogens is 552 g/mol. The molecule has 0 fully saturated rings. The van der Waals surface area contributed by atoms with E-state index in [1.165, 1.54) is 27.8 Å². The van der Waals surface area contributed by atoms with Gasteiger partial charge in [0.1, 0.15) is 0 Å². The summed E-state index contributed by atoms with van der Waals surface area (Å²) >= 11 is 7.71. The van der Waals surface area contributed by atoms with Crippen LogP contribution in [0.3, 0.4) is 0 Å². The maximum absolute atomic E-state index is 13.8. The number of anilines is 2. The van der Waals surface area contributed by atoms with Crippen molar-refractivity contribution in [1.82, 2.24) is 9.88 Å². The average Bonchev–Trinajstić information content (AvgIpc) is 3.56. The predicted molar refractivity (Wildman–Crippen MR) is 160 cm³/mol. The van der Waals surface area contributed by atoms with Crippen molar-refractivity contribution in [3.63, 3.8) is 0 Å². The third-order valence-electron chi connectivity index (χ3n) is 7.18. The van der Waals surface area contributed by atoms with E-state index in [2.05, 4.69) is 18.7 Å². The molecule has 39 heavy (non-hydrogen) atoms. The summed E-state index contributed by atoms with van der Waals surface area (Å²) in [6, 6.07) is 17.5. The maximum Gasteiger partial charge on any atom is 0.264 e. The summed E-state index contributed by atoms with van der Waals surface area (Å²) in [5.41, 5.74) is 3.92. The molecule has 0 atom stereocenters. The fourth-order valence-corrected chi connectivity index (χ4v) is 7.88. The van der Waals surface area contributed by atoms with Gasteiger partial charge in [0.2, 0.25) is 0 Å². The van der Waals surface area contributed by atoms with Crippen molar-refractivity contribution in [2.24, 2.45) is 0 Å². The van der Waals surface area contributed by atoms with Crippen molar-refractivity contribution in [3.05, 3.63) is 82.4 Å². The molecular formula is C29H31ClN4O3S2. The number of para-hydroxylation sites is 1. The molecule has 0 saturated heterocycles. The van der Waals surface area contributed by atoms with Gasteiger partial charge >= 0.3 is 0 Å². The fraction of sp³-hybridized carbons (Fsp3) is 0.310. The molecule has 1 aliphatic rings. The van der Waals surface area contributed by atoms with Crippen LogP contribution in [0.4, 0.5) is 10.8 Å². The van der Waals surface area contributed by atoms with E-state index in [4.69, 9.17) is 16.6 Å². The molecule has 0 saturated carbocycles. The van der Waals surface area contributed by atoms with Gasteiger partial charge in [-0.1, -0.05) is 55.0 Å². The summed E-state index contributed by atoms with van der Waals surface area (Å²) < 4.78 is 29.3. The Morgan fingerprint density at radius 1 is 1.05 bits per heavy atom. The Bertz CT molecular complexity index is 1620. The van der Waals surface area contributed by atoms with Crippen LogP contribution in [-0.2, 0) is 16.4 Å². The molecule has 3 aromatic carbocycles. The number of benzene rings is 3. The quantitative estimate of drug-likeness (QED) is 0.242. The Morgan fingerprint density at radius 2 is 1.77 bits per heavy atom. The summed E-state index contributed by atoms with van der Waals surface area (Å²) in [5.74, 6) is -0.222. The minimum absolute atomic E-state index is 0.163. The van der Waals surface area contributed by atoms with Crippen molar-refractivity contribution in [3.8, 4) is 0 Å². The van der Waals surface area contributed by atoms with Crippen LogP contribution in [0.15, 0.2) is 65.6 Å². The fourth-order valence-electron chi connectivity index (χ4n) is 4.93. The lowest BCUT2D eigenvalue weighted by Crippen LogP contribution is -2.39. The van der Waals surface area contributed by atoms with Gasteiger partial charge in [-0.3, -0.25) is 14.0 Å². The number of halogens is 1. The van der Waals surface area contributed by atoms with Gasteiger partial charge in [-0.2, -0.15) is 0 Å². The normalized spacial score (nSPS) is 13.3. The number of fused-ring (bicyclic) bond motifs is 2. The third kappa shape index (κ3) is 5.41. The zero-order chi connectivity index (χ0) is 27.7. The Labute approximate surface area is 238 Å². The maximum atomic E-state index is 13.8. The van der Waals surface area contributed by atoms with Gasteiger partial charge in [0, 0.05) is 30.2 Å². The second-order valence-corrected chi connectivity index (χ2v) is 12.8. The summed E-state index contributed by atoms with van der Waals surface area (Å²) in [6.07, 6.45) is 0.681. The van der Waals surface area contributed by atoms with Crippen molar-refractivity contribution in [2.75, 3.05) is 41.9 Å². The molecule has 10 heteroatoms. The van der Waals surface area contributed by atoms with E-state index in [1.807, 2.05) is 43.3 Å². The van der Waals surface area contributed by atoms with E-state index in [0.717, 1.165) is 34.4 Å². The highest BCUT2D eigenvalue weighted by molar-refractivity contribution is 7.92. The molecule has 1 aromatic heterocycles. The van der Waals surface area contributed by atoms with Crippen molar-refractivity contribution < 1.29 is 13.2 Å². The zero-order valence-electron chi connectivity index (χ0n) is 22.2. The van der Waals surface area contributed by atoms with Crippen molar-refractivity contribution in [2.45, 2.75) is 32.1 Å². The smallest absolute Gasteiger partial charge is 0.264 e. The highest BCUT2D eigenvalue weighted by Gasteiger charge is 2.31. The van der Waals surface area contributed by atoms with Crippen LogP contribution in [-0.4, -0.2) is 56.9 Å². The lowest BCUT2D eigenvalue weighted by atomic mass is 10.2. The average molecular weight is 583 g/mol. The molecule has 0 aliphatic carbocycles. The topological polar surface area (TPSA) is 73.8 Å². The standard InChI is InChI=1S/C29H31ClN4O3S2/c1-4-32(5-2)16-17-33(29-31-27-20(3)18-23(30)19-26(27)38-29)28(35)22-10-12-24(13-11-22)39(36,37)34-15-14-21-8-6-7-9-25(21)34/h6-13,18-19H,4-5,14-17H2,1-3H3. The van der Waals surface area contributed by atoms with E-state index in [-0.39, 0.29) is 10.8 Å². The Balaban J connectivity index is 1.45. The number of aromatic nitrogens is 1. The summed E-state index contributed by atoms with van der Waals surface area (Å²) in [6.45, 7) is 9.44. The van der Waals surface area contributed by atoms with E-state index < -0.39 is 10.0 Å². The molecule has 0 radical (unpaired) electrons. The number of aryl methyl sites for hydroxylation is 1. The number of amides is 1. The predicted octanol–water partition coefficient (Wildman–Crippen LogP) is 6.00. The van der Waals surface area contributed by atoms with Gasteiger partial charge in [0.05, 0.1) is 20.8 Å². The minimum atomic E-state index is -3.74. The molecule has 0 unspecified atom stereocenters. The monoisotopic (exact) mass is 582 g/mol. The number of carbonyl (C=O) groups excluding carboxylic acids is 1. The zero-order valence-corrected chi connectivity index (χ0v) is 24.6. The van der Waals surface area contributed by atoms with Crippen LogP contribution >= 0.6 is 22.9 Å². The first-order valence-electron chi connectivity index (χ1n) is 13.0. The number of hydrogen-bond acceptors (Lipinski definition) is 6. The molecule has 1 aliphatic heterocycles. The third-order valence-corrected chi connectivity index (χ3v) is 10.3. The van der Waals surface area contributed by atoms with Gasteiger partial charge in [-0.05, 0) is 80.0 Å². The number of sulfonamides is 1. The highest BCUT2D eigenvalue weighted by Crippen LogP contribution is 2.35. The Hall–Kier alpha value is -2.98. The molecule has 0 spiro atoms. The molecule has 0 N–H and O–H groups in total. The van der Waals surface area contributed by atoms with Gasteiger partial charge in [-0.15, -0.1) is 0 Å². The van der Waals surface area contributed by atoms with Crippen LogP contribution in [0.25, 0.3) is 10.2 Å². The van der Waals surface area contributed by atoms with Gasteiger partial charge < -0.3 is 4.90 Å². The first kappa shape index (κ1) is 27.6. The first-order valence-corrected chi connectivity index (χ1v) is 15.7. The van der Waals surface area contributed by atoms with Crippen LogP contribution < -0.4 is 9.21 Å². The molecule has 0 bridgehead atoms. The Kier molecular flexibility index (Phi) is 7.96. The van der Waals surface area contributed by atoms with Gasteiger partial charge in [0.15, 0.2) is 5.13 Å². The molecule has 5 rings (SSSR count). The van der Waals surface area contributed by atoms with E-state index in [9.17, 15) is 13.2 Å². The van der Waals surface area contributed by atoms with E-state index in [1.54, 1.807) is 17.0 Å². The molecule has 1 amide bonds. The number of likely N-dealkylation sites (N-methyl/N-ethyl adjacent to an activating group) is 1. The Morgan fingerprint density at radius 3 is 2.49 bits per heavy atom. The summed E-state index contributed by atoms with van der Waals surface area (Å²) in [5, 5.41) is 1.23. The molecule has 7 nitrogen and oxygen atoms in total. The number of nitrogens with zero attached hydrogens (tertiary/aromatic N) is 4. The lowest BCUT2D eigenvalue weighted by molar-refractivity contribution is 0.0983. The van der Waals surface area contributed by atoms with Gasteiger partial charge in [-0.25, -0.2) is 13.4 Å². The second-order valence-electron chi connectivity index (χ2n) is 9.53. The number of thiazole rings is 1. The molecule has 4 aromatic rings. The van der Waals surface area contributed by atoms with Crippen LogP contribution in [0, 0.1) is 6.92 Å². The van der Waals surface area contributed by atoms with Gasteiger partial charge in [0.25, 0.3) is 15.9 Å². The number of hydrogen-bond donors (Lipinski definition) is 0. The first-order chi connectivity index (χ1) is 18.7. The van der Waals surface area contributed by atoms with Crippen LogP contribution in [0.1, 0.15) is 35.3 Å². The van der Waals surface area contributed by atoms with E-state index in [0.29, 0.717) is 47.5 Å². The number of rotatable bonds is 9. The van der Waals surface area contributed by atoms with E-state index >= 15 is 0 Å². The summed E-state index contributed by atoms with van der Waals surface area (Å²) in [4.78, 5) is 22.7. The number of carbonyl (C=O) groups is 1. The van der Waals surface area contributed by atoms with Crippen molar-refractivity contribution >= 4 is 59.9 Å². The largest absolute Gasteiger partial charge is 0.302 e. The SMILES string of the molecule is CCN(CC)CCN(C(=O)c1ccc(S(=O)(=O)N2CCc3ccccc32)cc1)c1nc2c(C)cc(Cl)cc2s1. The second kappa shape index (κ2) is 11.3. The van der Waals surface area contributed by atoms with Crippen LogP contribution in [0.2, 0.25) is 5.02 Å².